The van der Waals surface area contributed by atoms with Crippen molar-refractivity contribution in [2.24, 2.45) is 0 Å². The van der Waals surface area contributed by atoms with Crippen molar-refractivity contribution in [1.29, 1.82) is 0 Å². The number of para-hydroxylation sites is 1. The van der Waals surface area contributed by atoms with Crippen LogP contribution in [0.1, 0.15) is 22.3 Å². The number of rotatable bonds is 5. The Morgan fingerprint density at radius 3 is 2.30 bits per heavy atom. The summed E-state index contributed by atoms with van der Waals surface area (Å²) in [4.78, 5) is 4.25. The third kappa shape index (κ3) is 4.39. The Bertz CT molecular complexity index is 1240. The molecule has 154 valence electrons. The fraction of sp³-hybridized carbons (Fsp3) is 0.174. The SMILES string of the molecule is COc1ccncc1C#Cc1ccccc1NS(=O)(=O)c1ccc(OC)c(C)c1C. The van der Waals surface area contributed by atoms with Crippen molar-refractivity contribution < 1.29 is 17.9 Å². The second kappa shape index (κ2) is 8.89. The maximum absolute atomic E-state index is 13.1. The lowest BCUT2D eigenvalue weighted by Crippen LogP contribution is -2.15. The quantitative estimate of drug-likeness (QED) is 0.631. The van der Waals surface area contributed by atoms with Crippen molar-refractivity contribution in [2.75, 3.05) is 18.9 Å². The van der Waals surface area contributed by atoms with Crippen LogP contribution in [0, 0.1) is 25.7 Å². The van der Waals surface area contributed by atoms with Gasteiger partial charge in [0.2, 0.25) is 0 Å². The van der Waals surface area contributed by atoms with E-state index >= 15 is 0 Å². The summed E-state index contributed by atoms with van der Waals surface area (Å²) in [6, 6.07) is 11.9. The van der Waals surface area contributed by atoms with Gasteiger partial charge in [0.05, 0.1) is 30.4 Å². The number of nitrogens with zero attached hydrogens (tertiary/aromatic N) is 1. The topological polar surface area (TPSA) is 77.5 Å². The predicted octanol–water partition coefficient (Wildman–Crippen LogP) is 3.92. The van der Waals surface area contributed by atoms with Crippen molar-refractivity contribution in [2.45, 2.75) is 18.7 Å². The molecule has 1 heterocycles. The summed E-state index contributed by atoms with van der Waals surface area (Å²) in [7, 11) is -0.707. The van der Waals surface area contributed by atoms with Gasteiger partial charge in [0.25, 0.3) is 10.0 Å². The van der Waals surface area contributed by atoms with E-state index in [1.165, 1.54) is 6.07 Å². The summed E-state index contributed by atoms with van der Waals surface area (Å²) in [6.07, 6.45) is 3.22. The molecule has 0 atom stereocenters. The number of nitrogens with one attached hydrogen (secondary N) is 1. The minimum Gasteiger partial charge on any atom is -0.496 e. The van der Waals surface area contributed by atoms with Gasteiger partial charge in [-0.3, -0.25) is 9.71 Å². The molecule has 0 aliphatic carbocycles. The van der Waals surface area contributed by atoms with Gasteiger partial charge in [-0.05, 0) is 55.3 Å². The number of benzene rings is 2. The van der Waals surface area contributed by atoms with Gasteiger partial charge in [-0.25, -0.2) is 8.42 Å². The number of sulfonamides is 1. The zero-order valence-electron chi connectivity index (χ0n) is 17.2. The molecule has 0 unspecified atom stereocenters. The summed E-state index contributed by atoms with van der Waals surface area (Å²) >= 11 is 0. The Hall–Kier alpha value is -3.50. The highest BCUT2D eigenvalue weighted by molar-refractivity contribution is 7.92. The van der Waals surface area contributed by atoms with Crippen LogP contribution in [0.15, 0.2) is 59.8 Å². The molecule has 0 spiro atoms. The number of anilines is 1. The van der Waals surface area contributed by atoms with Crippen LogP contribution in [0.25, 0.3) is 0 Å². The van der Waals surface area contributed by atoms with Gasteiger partial charge in [-0.15, -0.1) is 0 Å². The third-order valence-corrected chi connectivity index (χ3v) is 6.21. The lowest BCUT2D eigenvalue weighted by atomic mass is 10.1. The third-order valence-electron chi connectivity index (χ3n) is 4.70. The molecule has 1 N–H and O–H groups in total. The molecule has 3 rings (SSSR count). The van der Waals surface area contributed by atoms with Crippen LogP contribution in [-0.4, -0.2) is 27.6 Å². The van der Waals surface area contributed by atoms with Gasteiger partial charge < -0.3 is 9.47 Å². The number of pyridine rings is 1. The maximum Gasteiger partial charge on any atom is 0.262 e. The first-order chi connectivity index (χ1) is 14.4. The highest BCUT2D eigenvalue weighted by Crippen LogP contribution is 2.28. The Balaban J connectivity index is 1.98. The fourth-order valence-electron chi connectivity index (χ4n) is 2.95. The molecule has 7 heteroatoms. The fourth-order valence-corrected chi connectivity index (χ4v) is 4.33. The van der Waals surface area contributed by atoms with Crippen LogP contribution in [0.4, 0.5) is 5.69 Å². The summed E-state index contributed by atoms with van der Waals surface area (Å²) < 4.78 is 39.4. The lowest BCUT2D eigenvalue weighted by molar-refractivity contribution is 0.410. The Morgan fingerprint density at radius 2 is 1.57 bits per heavy atom. The van der Waals surface area contributed by atoms with Crippen LogP contribution in [0.5, 0.6) is 11.5 Å². The van der Waals surface area contributed by atoms with E-state index in [2.05, 4.69) is 21.5 Å². The van der Waals surface area contributed by atoms with E-state index in [1.54, 1.807) is 69.9 Å². The zero-order chi connectivity index (χ0) is 21.7. The second-order valence-corrected chi connectivity index (χ2v) is 8.14. The first kappa shape index (κ1) is 21.2. The molecule has 0 saturated heterocycles. The van der Waals surface area contributed by atoms with Crippen LogP contribution in [0.2, 0.25) is 0 Å². The largest absolute Gasteiger partial charge is 0.496 e. The molecule has 30 heavy (non-hydrogen) atoms. The Labute approximate surface area is 176 Å². The van der Waals surface area contributed by atoms with Crippen LogP contribution in [0.3, 0.4) is 0 Å². The highest BCUT2D eigenvalue weighted by atomic mass is 32.2. The van der Waals surface area contributed by atoms with Gasteiger partial charge in [-0.1, -0.05) is 24.0 Å². The molecule has 0 amide bonds. The van der Waals surface area contributed by atoms with Crippen molar-refractivity contribution >= 4 is 15.7 Å². The van der Waals surface area contributed by atoms with E-state index in [0.717, 1.165) is 5.56 Å². The van der Waals surface area contributed by atoms with Crippen molar-refractivity contribution in [3.05, 3.63) is 77.1 Å². The summed E-state index contributed by atoms with van der Waals surface area (Å²) in [6.45, 7) is 3.58. The minimum atomic E-state index is -3.82. The molecule has 0 fully saturated rings. The van der Waals surface area contributed by atoms with Gasteiger partial charge in [0.15, 0.2) is 0 Å². The first-order valence-electron chi connectivity index (χ1n) is 9.13. The van der Waals surface area contributed by atoms with Gasteiger partial charge in [0.1, 0.15) is 11.5 Å². The van der Waals surface area contributed by atoms with Crippen LogP contribution < -0.4 is 14.2 Å². The van der Waals surface area contributed by atoms with Crippen molar-refractivity contribution in [3.8, 4) is 23.3 Å². The normalized spacial score (nSPS) is 10.7. The Morgan fingerprint density at radius 1 is 0.867 bits per heavy atom. The molecule has 6 nitrogen and oxygen atoms in total. The molecule has 0 bridgehead atoms. The second-order valence-electron chi connectivity index (χ2n) is 6.49. The number of methoxy groups -OCH3 is 2. The average molecular weight is 423 g/mol. The van der Waals surface area contributed by atoms with Crippen molar-refractivity contribution in [3.63, 3.8) is 0 Å². The molecular formula is C23H22N2O4S. The summed E-state index contributed by atoms with van der Waals surface area (Å²) in [5.41, 5.74) is 2.94. The predicted molar refractivity (Wildman–Crippen MR) is 116 cm³/mol. The van der Waals surface area contributed by atoms with E-state index in [-0.39, 0.29) is 4.90 Å². The highest BCUT2D eigenvalue weighted by Gasteiger charge is 2.20. The molecule has 0 radical (unpaired) electrons. The average Bonchev–Trinajstić information content (AvgIpc) is 2.74. The lowest BCUT2D eigenvalue weighted by Gasteiger charge is -2.15. The maximum atomic E-state index is 13.1. The molecule has 0 saturated carbocycles. The number of hydrogen-bond donors (Lipinski definition) is 1. The standard InChI is InChI=1S/C23H22N2O4S/c1-16-17(2)23(12-11-21(16)28-3)30(26,27)25-20-8-6-5-7-18(20)9-10-19-15-24-14-13-22(19)29-4/h5-8,11-15,25H,1-4H3. The van der Waals surface area contributed by atoms with Crippen LogP contribution in [-0.2, 0) is 10.0 Å². The van der Waals surface area contributed by atoms with Crippen molar-refractivity contribution in [1.82, 2.24) is 4.98 Å². The number of hydrogen-bond acceptors (Lipinski definition) is 5. The molecule has 1 aromatic heterocycles. The van der Waals surface area contributed by atoms with E-state index in [9.17, 15) is 8.42 Å². The number of ether oxygens (including phenoxy) is 2. The summed E-state index contributed by atoms with van der Waals surface area (Å²) in [5.74, 6) is 7.24. The van der Waals surface area contributed by atoms with E-state index in [4.69, 9.17) is 9.47 Å². The molecule has 2 aromatic carbocycles. The van der Waals surface area contributed by atoms with Gasteiger partial charge in [0, 0.05) is 18.0 Å². The monoisotopic (exact) mass is 422 g/mol. The number of aromatic nitrogens is 1. The van der Waals surface area contributed by atoms with E-state index in [1.807, 2.05) is 6.92 Å². The zero-order valence-corrected chi connectivity index (χ0v) is 18.0. The van der Waals surface area contributed by atoms with E-state index < -0.39 is 10.0 Å². The summed E-state index contributed by atoms with van der Waals surface area (Å²) in [5, 5.41) is 0. The van der Waals surface area contributed by atoms with Gasteiger partial charge in [-0.2, -0.15) is 0 Å². The van der Waals surface area contributed by atoms with E-state index in [0.29, 0.717) is 33.9 Å². The minimum absolute atomic E-state index is 0.192. The molecule has 3 aromatic rings. The molecule has 0 aliphatic rings. The van der Waals surface area contributed by atoms with Gasteiger partial charge >= 0.3 is 0 Å². The first-order valence-corrected chi connectivity index (χ1v) is 10.6. The van der Waals surface area contributed by atoms with Crippen LogP contribution >= 0.6 is 0 Å². The Kier molecular flexibility index (Phi) is 6.28. The molecule has 0 aliphatic heterocycles. The smallest absolute Gasteiger partial charge is 0.262 e. The molecular weight excluding hydrogens is 400 g/mol.